The predicted octanol–water partition coefficient (Wildman–Crippen LogP) is 2.67. The first-order valence-corrected chi connectivity index (χ1v) is 8.56. The molecule has 0 N–H and O–H groups in total. The van der Waals surface area contributed by atoms with E-state index in [0.717, 1.165) is 0 Å². The number of halogens is 1. The molecule has 1 aliphatic rings. The fourth-order valence-electron chi connectivity index (χ4n) is 2.33. The van der Waals surface area contributed by atoms with Crippen LogP contribution in [0.5, 0.6) is 0 Å². The Hall–Kier alpha value is -0.620. The zero-order chi connectivity index (χ0) is 15.0. The number of hydrogen-bond donors (Lipinski definition) is 0. The molecule has 1 heterocycles. The Morgan fingerprint density at radius 1 is 1.40 bits per heavy atom. The highest BCUT2D eigenvalue weighted by molar-refractivity contribution is 7.88. The zero-order valence-electron chi connectivity index (χ0n) is 12.0. The molecule has 0 spiro atoms. The molecule has 1 fully saturated rings. The molecule has 1 atom stereocenters. The number of sulfonamides is 1. The molecule has 6 heteroatoms. The van der Waals surface area contributed by atoms with Gasteiger partial charge in [-0.2, -0.15) is 4.31 Å². The molecule has 112 valence electrons. The van der Waals surface area contributed by atoms with Gasteiger partial charge in [-0.05, 0) is 32.4 Å². The Bertz CT molecular complexity index is 586. The molecular formula is C14H20ClNO3S. The highest BCUT2D eigenvalue weighted by Gasteiger charge is 2.41. The number of hydrogen-bond acceptors (Lipinski definition) is 3. The second kappa shape index (κ2) is 5.64. The van der Waals surface area contributed by atoms with Gasteiger partial charge < -0.3 is 4.74 Å². The van der Waals surface area contributed by atoms with Crippen LogP contribution in [0.4, 0.5) is 0 Å². The molecule has 0 aromatic heterocycles. The van der Waals surface area contributed by atoms with Gasteiger partial charge in [-0.15, -0.1) is 0 Å². The van der Waals surface area contributed by atoms with Crippen molar-refractivity contribution in [3.63, 3.8) is 0 Å². The van der Waals surface area contributed by atoms with E-state index in [2.05, 4.69) is 0 Å². The topological polar surface area (TPSA) is 46.6 Å². The van der Waals surface area contributed by atoms with E-state index in [4.69, 9.17) is 16.3 Å². The van der Waals surface area contributed by atoms with Gasteiger partial charge in [0.25, 0.3) is 0 Å². The fraction of sp³-hybridized carbons (Fsp3) is 0.571. The van der Waals surface area contributed by atoms with E-state index in [1.165, 1.54) is 4.31 Å². The summed E-state index contributed by atoms with van der Waals surface area (Å²) in [7, 11) is -3.43. The highest BCUT2D eigenvalue weighted by atomic mass is 35.5. The molecule has 1 aromatic rings. The maximum atomic E-state index is 12.7. The summed E-state index contributed by atoms with van der Waals surface area (Å²) in [6.07, 6.45) is -0.0935. The second-order valence-corrected chi connectivity index (χ2v) is 8.11. The first-order chi connectivity index (χ1) is 9.22. The van der Waals surface area contributed by atoms with Crippen molar-refractivity contribution in [2.75, 3.05) is 13.2 Å². The van der Waals surface area contributed by atoms with E-state index in [9.17, 15) is 8.42 Å². The lowest BCUT2D eigenvalue weighted by atomic mass is 10.1. The molecule has 1 aromatic carbocycles. The number of morpholine rings is 1. The van der Waals surface area contributed by atoms with E-state index in [1.54, 1.807) is 24.3 Å². The summed E-state index contributed by atoms with van der Waals surface area (Å²) in [5, 5.41) is 0.482. The van der Waals surface area contributed by atoms with Crippen LogP contribution < -0.4 is 0 Å². The Balaban J connectivity index is 2.28. The van der Waals surface area contributed by atoms with Crippen molar-refractivity contribution in [1.29, 1.82) is 0 Å². The maximum Gasteiger partial charge on any atom is 0.218 e. The van der Waals surface area contributed by atoms with E-state index in [1.807, 2.05) is 20.8 Å². The predicted molar refractivity (Wildman–Crippen MR) is 80.3 cm³/mol. The van der Waals surface area contributed by atoms with Crippen molar-refractivity contribution >= 4 is 21.6 Å². The number of nitrogens with zero attached hydrogens (tertiary/aromatic N) is 1. The van der Waals surface area contributed by atoms with Gasteiger partial charge in [-0.3, -0.25) is 0 Å². The van der Waals surface area contributed by atoms with E-state index in [-0.39, 0.29) is 11.9 Å². The third kappa shape index (κ3) is 3.34. The van der Waals surface area contributed by atoms with Gasteiger partial charge in [0.1, 0.15) is 0 Å². The van der Waals surface area contributed by atoms with E-state index >= 15 is 0 Å². The van der Waals surface area contributed by atoms with Crippen LogP contribution in [0.25, 0.3) is 0 Å². The lowest BCUT2D eigenvalue weighted by Gasteiger charge is -2.43. The van der Waals surface area contributed by atoms with Gasteiger partial charge in [0.2, 0.25) is 10.0 Å². The molecule has 0 bridgehead atoms. The van der Waals surface area contributed by atoms with Gasteiger partial charge in [-0.1, -0.05) is 29.8 Å². The molecule has 4 nitrogen and oxygen atoms in total. The first kappa shape index (κ1) is 15.8. The van der Waals surface area contributed by atoms with Gasteiger partial charge in [0.15, 0.2) is 0 Å². The SMILES string of the molecule is CC1CN(S(=O)(=O)Cc2ccccc2Cl)C(C)(C)CO1. The third-order valence-corrected chi connectivity index (χ3v) is 5.81. The highest BCUT2D eigenvalue weighted by Crippen LogP contribution is 2.28. The summed E-state index contributed by atoms with van der Waals surface area (Å²) < 4.78 is 32.5. The van der Waals surface area contributed by atoms with Crippen molar-refractivity contribution in [1.82, 2.24) is 4.31 Å². The molecule has 2 rings (SSSR count). The van der Waals surface area contributed by atoms with Crippen LogP contribution in [0.2, 0.25) is 5.02 Å². The average molecular weight is 318 g/mol. The van der Waals surface area contributed by atoms with Crippen molar-refractivity contribution in [2.24, 2.45) is 0 Å². The van der Waals surface area contributed by atoms with Crippen LogP contribution in [0.3, 0.4) is 0 Å². The quantitative estimate of drug-likeness (QED) is 0.861. The van der Waals surface area contributed by atoms with E-state index in [0.29, 0.717) is 23.7 Å². The first-order valence-electron chi connectivity index (χ1n) is 6.58. The van der Waals surface area contributed by atoms with Gasteiger partial charge >= 0.3 is 0 Å². The molecular weight excluding hydrogens is 298 g/mol. The Kier molecular flexibility index (Phi) is 4.44. The smallest absolute Gasteiger partial charge is 0.218 e. The second-order valence-electron chi connectivity index (χ2n) is 5.81. The largest absolute Gasteiger partial charge is 0.375 e. The molecule has 1 saturated heterocycles. The van der Waals surface area contributed by atoms with Crippen LogP contribution in [-0.2, 0) is 20.5 Å². The summed E-state index contributed by atoms with van der Waals surface area (Å²) in [5.41, 5.74) is 0.0937. The monoisotopic (exact) mass is 317 g/mol. The molecule has 0 amide bonds. The number of rotatable bonds is 3. The van der Waals surface area contributed by atoms with Crippen LogP contribution >= 0.6 is 11.6 Å². The molecule has 0 saturated carbocycles. The van der Waals surface area contributed by atoms with Crippen molar-refractivity contribution in [3.05, 3.63) is 34.9 Å². The zero-order valence-corrected chi connectivity index (χ0v) is 13.5. The molecule has 1 unspecified atom stereocenters. The van der Waals surface area contributed by atoms with Crippen LogP contribution in [0.15, 0.2) is 24.3 Å². The van der Waals surface area contributed by atoms with Crippen LogP contribution in [0.1, 0.15) is 26.3 Å². The molecule has 1 aliphatic heterocycles. The molecule has 0 radical (unpaired) electrons. The third-order valence-electron chi connectivity index (χ3n) is 3.45. The normalized spacial score (nSPS) is 23.7. The summed E-state index contributed by atoms with van der Waals surface area (Å²) in [6.45, 7) is 6.41. The minimum Gasteiger partial charge on any atom is -0.375 e. The summed E-state index contributed by atoms with van der Waals surface area (Å²) in [5.74, 6) is -0.0805. The Morgan fingerprint density at radius 3 is 2.70 bits per heavy atom. The van der Waals surface area contributed by atoms with Crippen molar-refractivity contribution < 1.29 is 13.2 Å². The summed E-state index contributed by atoms with van der Waals surface area (Å²) in [6, 6.07) is 7.04. The Morgan fingerprint density at radius 2 is 2.05 bits per heavy atom. The van der Waals surface area contributed by atoms with Crippen molar-refractivity contribution in [2.45, 2.75) is 38.2 Å². The number of ether oxygens (including phenoxy) is 1. The standard InChI is InChI=1S/C14H20ClNO3S/c1-11-8-16(14(2,3)10-19-11)20(17,18)9-12-6-4-5-7-13(12)15/h4-7,11H,8-10H2,1-3H3. The molecule has 0 aliphatic carbocycles. The minimum absolute atomic E-state index is 0.0805. The lowest BCUT2D eigenvalue weighted by Crippen LogP contribution is -2.57. The van der Waals surface area contributed by atoms with Crippen LogP contribution in [-0.4, -0.2) is 37.5 Å². The summed E-state index contributed by atoms with van der Waals surface area (Å²) >= 11 is 6.06. The van der Waals surface area contributed by atoms with Gasteiger partial charge in [0, 0.05) is 11.6 Å². The number of benzene rings is 1. The summed E-state index contributed by atoms with van der Waals surface area (Å²) in [4.78, 5) is 0. The molecule has 20 heavy (non-hydrogen) atoms. The minimum atomic E-state index is -3.43. The van der Waals surface area contributed by atoms with Gasteiger partial charge in [-0.25, -0.2) is 8.42 Å². The van der Waals surface area contributed by atoms with E-state index < -0.39 is 15.6 Å². The fourth-order valence-corrected chi connectivity index (χ4v) is 4.66. The Labute approximate surface area is 125 Å². The van der Waals surface area contributed by atoms with Gasteiger partial charge in [0.05, 0.1) is 24.0 Å². The maximum absolute atomic E-state index is 12.7. The lowest BCUT2D eigenvalue weighted by molar-refractivity contribution is -0.0551. The van der Waals surface area contributed by atoms with Crippen LogP contribution in [0, 0.1) is 0 Å². The van der Waals surface area contributed by atoms with Crippen molar-refractivity contribution in [3.8, 4) is 0 Å². The average Bonchev–Trinajstić information content (AvgIpc) is 2.35.